The third-order valence-corrected chi connectivity index (χ3v) is 10.2. The largest absolute Gasteiger partial charge is 0.472 e. The van der Waals surface area contributed by atoms with Gasteiger partial charge in [-0.1, -0.05) is 74.5 Å². The molecular weight excluding hydrogens is 564 g/mol. The van der Waals surface area contributed by atoms with E-state index in [2.05, 4.69) is 67.3 Å². The highest BCUT2D eigenvalue weighted by Gasteiger charge is 2.44. The lowest BCUT2D eigenvalue weighted by Crippen LogP contribution is -2.37. The zero-order valence-electron chi connectivity index (χ0n) is 25.5. The third-order valence-electron chi connectivity index (χ3n) is 10.2. The van der Waals surface area contributed by atoms with Crippen LogP contribution in [0.3, 0.4) is 0 Å². The summed E-state index contributed by atoms with van der Waals surface area (Å²) in [7, 11) is 0. The highest BCUT2D eigenvalue weighted by atomic mass is 19.1. The molecule has 2 atom stereocenters. The fourth-order valence-electron chi connectivity index (χ4n) is 7.96. The Morgan fingerprint density at radius 3 is 2.38 bits per heavy atom. The minimum Gasteiger partial charge on any atom is -0.472 e. The smallest absolute Gasteiger partial charge is 0.178 e. The molecular formula is C40H35F2NO2. The van der Waals surface area contributed by atoms with Crippen molar-refractivity contribution in [2.45, 2.75) is 37.7 Å². The molecule has 0 saturated carbocycles. The molecule has 0 aromatic heterocycles. The number of ether oxygens (including phenoxy) is 1. The van der Waals surface area contributed by atoms with E-state index in [9.17, 15) is 9.50 Å². The number of anilines is 1. The van der Waals surface area contributed by atoms with Crippen molar-refractivity contribution in [2.75, 3.05) is 24.6 Å². The molecule has 1 aliphatic carbocycles. The van der Waals surface area contributed by atoms with Gasteiger partial charge in [0.15, 0.2) is 5.60 Å². The van der Waals surface area contributed by atoms with Crippen LogP contribution < -0.4 is 9.64 Å². The van der Waals surface area contributed by atoms with Crippen molar-refractivity contribution in [2.24, 2.45) is 5.92 Å². The van der Waals surface area contributed by atoms with Gasteiger partial charge in [-0.15, -0.1) is 0 Å². The normalized spacial score (nSPS) is 21.3. The Bertz CT molecular complexity index is 1980. The molecule has 0 amide bonds. The molecule has 2 aliphatic heterocycles. The molecule has 1 saturated heterocycles. The maximum absolute atomic E-state index is 15.0. The summed E-state index contributed by atoms with van der Waals surface area (Å²) in [4.78, 5) is 2.35. The summed E-state index contributed by atoms with van der Waals surface area (Å²) >= 11 is 0. The number of halogens is 2. The summed E-state index contributed by atoms with van der Waals surface area (Å²) in [6.45, 7) is 6.27. The Morgan fingerprint density at radius 2 is 1.60 bits per heavy atom. The molecule has 5 aromatic carbocycles. The molecule has 1 fully saturated rings. The highest BCUT2D eigenvalue weighted by Crippen LogP contribution is 2.58. The second-order valence-corrected chi connectivity index (χ2v) is 13.2. The average Bonchev–Trinajstić information content (AvgIpc) is 3.31. The number of aliphatic hydroxyl groups excluding tert-OH is 1. The Labute approximate surface area is 262 Å². The summed E-state index contributed by atoms with van der Waals surface area (Å²) in [5.74, 6) is 0.310. The SMILES string of the molecule is CC1(C)c2cc(F)ccc2-c2c1c1c(c3cc(F)ccc23)O[C@](c2ccccc2)(c2ccc(N3CCCC(CO)C3)cc2)C=C1. The first-order chi connectivity index (χ1) is 21.8. The van der Waals surface area contributed by atoms with Crippen LogP contribution in [0.15, 0.2) is 97.1 Å². The monoisotopic (exact) mass is 599 g/mol. The van der Waals surface area contributed by atoms with E-state index in [1.54, 1.807) is 12.1 Å². The predicted octanol–water partition coefficient (Wildman–Crippen LogP) is 8.98. The average molecular weight is 600 g/mol. The first-order valence-corrected chi connectivity index (χ1v) is 15.8. The standard InChI is InChI=1S/C40H35F2NO2/c1-39(2)35-22-29(42)13-17-32(35)36-31-16-12-28(41)21-34(31)38-33(37(36)39)18-19-40(45-38,26-8-4-3-5-9-26)27-10-14-30(15-11-27)43-20-6-7-25(23-43)24-44/h3-5,8-19,21-22,25,44H,6-7,20,23-24H2,1-2H3/t25?,40-/m1/s1. The van der Waals surface area contributed by atoms with E-state index < -0.39 is 11.0 Å². The molecule has 0 radical (unpaired) electrons. The summed E-state index contributed by atoms with van der Waals surface area (Å²) in [6, 6.07) is 28.5. The molecule has 2 heterocycles. The molecule has 1 unspecified atom stereocenters. The number of piperidine rings is 1. The van der Waals surface area contributed by atoms with Gasteiger partial charge in [-0.2, -0.15) is 0 Å². The second-order valence-electron chi connectivity index (χ2n) is 13.2. The maximum atomic E-state index is 15.0. The minimum atomic E-state index is -0.961. The van der Waals surface area contributed by atoms with Crippen molar-refractivity contribution in [3.63, 3.8) is 0 Å². The fraction of sp³-hybridized carbons (Fsp3) is 0.250. The predicted molar refractivity (Wildman–Crippen MR) is 177 cm³/mol. The Balaban J connectivity index is 1.33. The third kappa shape index (κ3) is 4.24. The van der Waals surface area contributed by atoms with Gasteiger partial charge in [0.1, 0.15) is 17.4 Å². The summed E-state index contributed by atoms with van der Waals surface area (Å²) < 4.78 is 36.9. The fourth-order valence-corrected chi connectivity index (χ4v) is 7.96. The lowest BCUT2D eigenvalue weighted by atomic mass is 9.76. The van der Waals surface area contributed by atoms with Crippen LogP contribution >= 0.6 is 0 Å². The van der Waals surface area contributed by atoms with Crippen molar-refractivity contribution in [3.05, 3.63) is 137 Å². The molecule has 1 N–H and O–H groups in total. The van der Waals surface area contributed by atoms with E-state index in [4.69, 9.17) is 4.74 Å². The van der Waals surface area contributed by atoms with Crippen LogP contribution in [-0.4, -0.2) is 24.8 Å². The van der Waals surface area contributed by atoms with Gasteiger partial charge in [0.2, 0.25) is 0 Å². The van der Waals surface area contributed by atoms with E-state index in [-0.39, 0.29) is 24.2 Å². The van der Waals surface area contributed by atoms with Crippen LogP contribution in [0.4, 0.5) is 14.5 Å². The summed E-state index contributed by atoms with van der Waals surface area (Å²) in [5, 5.41) is 11.3. The molecule has 45 heavy (non-hydrogen) atoms. The van der Waals surface area contributed by atoms with Crippen molar-refractivity contribution in [3.8, 4) is 16.9 Å². The van der Waals surface area contributed by atoms with Crippen molar-refractivity contribution in [1.82, 2.24) is 0 Å². The highest BCUT2D eigenvalue weighted by molar-refractivity contribution is 6.08. The van der Waals surface area contributed by atoms with Crippen LogP contribution in [0, 0.1) is 17.6 Å². The van der Waals surface area contributed by atoms with E-state index >= 15 is 4.39 Å². The van der Waals surface area contributed by atoms with E-state index in [0.29, 0.717) is 11.1 Å². The quantitative estimate of drug-likeness (QED) is 0.224. The number of fused-ring (bicyclic) bond motifs is 8. The Hall–Kier alpha value is -4.48. The molecule has 8 rings (SSSR count). The second kappa shape index (κ2) is 10.3. The molecule has 3 aliphatic rings. The Kier molecular flexibility index (Phi) is 6.40. The van der Waals surface area contributed by atoms with E-state index in [1.807, 2.05) is 30.3 Å². The number of aliphatic hydroxyl groups is 1. The minimum absolute atomic E-state index is 0.207. The van der Waals surface area contributed by atoms with Crippen LogP contribution in [0.1, 0.15) is 54.5 Å². The first kappa shape index (κ1) is 28.0. The van der Waals surface area contributed by atoms with Crippen molar-refractivity contribution >= 4 is 22.5 Å². The lowest BCUT2D eigenvalue weighted by molar-refractivity contribution is 0.163. The summed E-state index contributed by atoms with van der Waals surface area (Å²) in [6.07, 6.45) is 6.36. The van der Waals surface area contributed by atoms with Gasteiger partial charge in [-0.25, -0.2) is 8.78 Å². The van der Waals surface area contributed by atoms with Crippen LogP contribution in [0.25, 0.3) is 28.0 Å². The van der Waals surface area contributed by atoms with Crippen molar-refractivity contribution < 1.29 is 18.6 Å². The van der Waals surface area contributed by atoms with Crippen LogP contribution in [0.5, 0.6) is 5.75 Å². The van der Waals surface area contributed by atoms with E-state index in [1.165, 1.54) is 12.1 Å². The molecule has 226 valence electrons. The molecule has 5 aromatic rings. The van der Waals surface area contributed by atoms with Gasteiger partial charge in [0.25, 0.3) is 0 Å². The molecule has 3 nitrogen and oxygen atoms in total. The van der Waals surface area contributed by atoms with Crippen LogP contribution in [0.2, 0.25) is 0 Å². The maximum Gasteiger partial charge on any atom is 0.178 e. The van der Waals surface area contributed by atoms with Crippen LogP contribution in [-0.2, 0) is 11.0 Å². The lowest BCUT2D eigenvalue weighted by Gasteiger charge is -2.39. The van der Waals surface area contributed by atoms with E-state index in [0.717, 1.165) is 75.9 Å². The Morgan fingerprint density at radius 1 is 0.867 bits per heavy atom. The van der Waals surface area contributed by atoms with Crippen molar-refractivity contribution in [1.29, 1.82) is 0 Å². The van der Waals surface area contributed by atoms with Gasteiger partial charge < -0.3 is 14.7 Å². The van der Waals surface area contributed by atoms with Gasteiger partial charge in [0, 0.05) is 52.9 Å². The number of hydrogen-bond acceptors (Lipinski definition) is 3. The number of nitrogens with zero attached hydrogens (tertiary/aromatic N) is 1. The molecule has 0 bridgehead atoms. The number of benzene rings is 5. The zero-order chi connectivity index (χ0) is 30.9. The number of rotatable bonds is 4. The summed E-state index contributed by atoms with van der Waals surface area (Å²) in [5.41, 5.74) is 6.46. The first-order valence-electron chi connectivity index (χ1n) is 15.8. The van der Waals surface area contributed by atoms with Gasteiger partial charge in [-0.3, -0.25) is 0 Å². The van der Waals surface area contributed by atoms with Gasteiger partial charge in [-0.05, 0) is 88.9 Å². The number of hydrogen-bond donors (Lipinski definition) is 1. The van der Waals surface area contributed by atoms with Gasteiger partial charge in [0.05, 0.1) is 0 Å². The molecule has 0 spiro atoms. The topological polar surface area (TPSA) is 32.7 Å². The zero-order valence-corrected chi connectivity index (χ0v) is 25.5. The molecule has 5 heteroatoms. The van der Waals surface area contributed by atoms with Gasteiger partial charge >= 0.3 is 0 Å².